The molecule has 0 aromatic heterocycles. The van der Waals surface area contributed by atoms with E-state index in [1.807, 2.05) is 0 Å². The van der Waals surface area contributed by atoms with Crippen molar-refractivity contribution in [3.05, 3.63) is 0 Å². The Morgan fingerprint density at radius 1 is 1.33 bits per heavy atom. The Morgan fingerprint density at radius 3 is 2.44 bits per heavy atom. The number of carbonyl (C=O) groups is 2. The predicted molar refractivity (Wildman–Crippen MR) is 69.4 cm³/mol. The van der Waals surface area contributed by atoms with Gasteiger partial charge in [0, 0.05) is 6.04 Å². The molecule has 0 spiro atoms. The summed E-state index contributed by atoms with van der Waals surface area (Å²) in [6.45, 7) is 5.40. The second-order valence-electron chi connectivity index (χ2n) is 5.46. The van der Waals surface area contributed by atoms with E-state index in [1.54, 1.807) is 6.92 Å². The second kappa shape index (κ2) is 6.07. The summed E-state index contributed by atoms with van der Waals surface area (Å²) in [7, 11) is 0. The number of nitrogens with one attached hydrogen (secondary N) is 2. The molecule has 1 saturated carbocycles. The average molecular weight is 256 g/mol. The van der Waals surface area contributed by atoms with Gasteiger partial charge < -0.3 is 15.7 Å². The molecule has 1 rings (SSSR count). The molecule has 5 nitrogen and oxygen atoms in total. The Labute approximate surface area is 108 Å². The zero-order valence-corrected chi connectivity index (χ0v) is 11.5. The van der Waals surface area contributed by atoms with Gasteiger partial charge in [0.25, 0.3) is 0 Å². The summed E-state index contributed by atoms with van der Waals surface area (Å²) in [6, 6.07) is -0.214. The van der Waals surface area contributed by atoms with Crippen LogP contribution in [0.25, 0.3) is 0 Å². The minimum Gasteiger partial charge on any atom is -0.480 e. The van der Waals surface area contributed by atoms with Crippen LogP contribution in [0.3, 0.4) is 0 Å². The molecule has 1 aliphatic carbocycles. The predicted octanol–water partition coefficient (Wildman–Crippen LogP) is 2.12. The molecule has 0 aromatic carbocycles. The van der Waals surface area contributed by atoms with Gasteiger partial charge >= 0.3 is 12.0 Å². The maximum atomic E-state index is 11.9. The van der Waals surface area contributed by atoms with Crippen molar-refractivity contribution in [2.75, 3.05) is 0 Å². The van der Waals surface area contributed by atoms with Gasteiger partial charge in [-0.25, -0.2) is 9.59 Å². The highest BCUT2D eigenvalue weighted by Crippen LogP contribution is 2.23. The lowest BCUT2D eigenvalue weighted by atomic mass is 9.86. The van der Waals surface area contributed by atoms with Crippen molar-refractivity contribution >= 4 is 12.0 Å². The van der Waals surface area contributed by atoms with E-state index in [0.717, 1.165) is 19.3 Å². The molecule has 1 aliphatic rings. The topological polar surface area (TPSA) is 78.4 Å². The van der Waals surface area contributed by atoms with E-state index in [0.29, 0.717) is 12.3 Å². The van der Waals surface area contributed by atoms with Crippen molar-refractivity contribution in [3.8, 4) is 0 Å². The summed E-state index contributed by atoms with van der Waals surface area (Å²) >= 11 is 0. The Bertz CT molecular complexity index is 319. The van der Waals surface area contributed by atoms with Gasteiger partial charge in [-0.2, -0.15) is 0 Å². The third kappa shape index (κ3) is 3.62. The monoisotopic (exact) mass is 256 g/mol. The first-order valence-corrected chi connectivity index (χ1v) is 6.71. The highest BCUT2D eigenvalue weighted by Gasteiger charge is 2.33. The van der Waals surface area contributed by atoms with E-state index < -0.39 is 11.5 Å². The molecular weight excluding hydrogens is 232 g/mol. The van der Waals surface area contributed by atoms with Crippen LogP contribution in [0.1, 0.15) is 52.9 Å². The maximum Gasteiger partial charge on any atom is 0.329 e. The van der Waals surface area contributed by atoms with Gasteiger partial charge in [-0.1, -0.05) is 26.7 Å². The largest absolute Gasteiger partial charge is 0.480 e. The number of hydrogen-bond acceptors (Lipinski definition) is 2. The molecule has 0 aromatic rings. The first-order valence-electron chi connectivity index (χ1n) is 6.71. The van der Waals surface area contributed by atoms with E-state index in [1.165, 1.54) is 13.3 Å². The molecule has 3 atom stereocenters. The number of amides is 2. The number of rotatable bonds is 4. The van der Waals surface area contributed by atoms with Crippen molar-refractivity contribution in [1.29, 1.82) is 0 Å². The summed E-state index contributed by atoms with van der Waals surface area (Å²) in [5, 5.41) is 14.6. The lowest BCUT2D eigenvalue weighted by Crippen LogP contribution is -2.57. The number of carboxylic acids is 1. The van der Waals surface area contributed by atoms with Crippen LogP contribution in [0, 0.1) is 5.92 Å². The minimum atomic E-state index is -1.19. The van der Waals surface area contributed by atoms with Crippen LogP contribution in [0.2, 0.25) is 0 Å². The van der Waals surface area contributed by atoms with Crippen molar-refractivity contribution in [3.63, 3.8) is 0 Å². The van der Waals surface area contributed by atoms with Crippen LogP contribution in [0.15, 0.2) is 0 Å². The summed E-state index contributed by atoms with van der Waals surface area (Å²) in [5.74, 6) is -0.543. The molecule has 0 bridgehead atoms. The van der Waals surface area contributed by atoms with Gasteiger partial charge in [0.05, 0.1) is 0 Å². The van der Waals surface area contributed by atoms with E-state index in [-0.39, 0.29) is 12.1 Å². The number of hydrogen-bond donors (Lipinski definition) is 3. The molecule has 104 valence electrons. The first kappa shape index (κ1) is 14.8. The third-order valence-corrected chi connectivity index (χ3v) is 4.00. The van der Waals surface area contributed by atoms with Gasteiger partial charge in [0.15, 0.2) is 0 Å². The van der Waals surface area contributed by atoms with Crippen LogP contribution in [-0.4, -0.2) is 28.7 Å². The highest BCUT2D eigenvalue weighted by atomic mass is 16.4. The van der Waals surface area contributed by atoms with E-state index in [2.05, 4.69) is 17.6 Å². The molecule has 18 heavy (non-hydrogen) atoms. The zero-order chi connectivity index (χ0) is 13.8. The molecule has 5 heteroatoms. The Balaban J connectivity index is 2.52. The van der Waals surface area contributed by atoms with Gasteiger partial charge in [0.1, 0.15) is 5.54 Å². The van der Waals surface area contributed by atoms with Crippen LogP contribution in [0.5, 0.6) is 0 Å². The molecular formula is C13H24N2O3. The fraction of sp³-hybridized carbons (Fsp3) is 0.846. The highest BCUT2D eigenvalue weighted by molar-refractivity contribution is 5.85. The van der Waals surface area contributed by atoms with Crippen molar-refractivity contribution < 1.29 is 14.7 Å². The van der Waals surface area contributed by atoms with Gasteiger partial charge in [-0.3, -0.25) is 0 Å². The SMILES string of the molecule is CCC(C)(NC(=O)NC1CCCCC1C)C(=O)O. The Morgan fingerprint density at radius 2 is 1.94 bits per heavy atom. The Kier molecular flexibility index (Phi) is 4.99. The van der Waals surface area contributed by atoms with Crippen LogP contribution < -0.4 is 10.6 Å². The molecule has 0 radical (unpaired) electrons. The van der Waals surface area contributed by atoms with Crippen molar-refractivity contribution in [2.45, 2.75) is 64.5 Å². The van der Waals surface area contributed by atoms with Crippen molar-refractivity contribution in [1.82, 2.24) is 10.6 Å². The molecule has 0 saturated heterocycles. The maximum absolute atomic E-state index is 11.9. The summed E-state index contributed by atoms with van der Waals surface area (Å²) in [4.78, 5) is 23.0. The van der Waals surface area contributed by atoms with Crippen LogP contribution in [-0.2, 0) is 4.79 Å². The normalized spacial score (nSPS) is 27.1. The van der Waals surface area contributed by atoms with Crippen LogP contribution in [0.4, 0.5) is 4.79 Å². The minimum absolute atomic E-state index is 0.161. The second-order valence-corrected chi connectivity index (χ2v) is 5.46. The number of carbonyl (C=O) groups excluding carboxylic acids is 1. The summed E-state index contributed by atoms with van der Waals surface area (Å²) in [5.41, 5.74) is -1.19. The molecule has 2 amide bonds. The smallest absolute Gasteiger partial charge is 0.329 e. The van der Waals surface area contributed by atoms with Gasteiger partial charge in [0.2, 0.25) is 0 Å². The lowest BCUT2D eigenvalue weighted by molar-refractivity contribution is -0.143. The quantitative estimate of drug-likeness (QED) is 0.721. The van der Waals surface area contributed by atoms with Crippen LogP contribution >= 0.6 is 0 Å². The standard InChI is InChI=1S/C13H24N2O3/c1-4-13(3,11(16)17)15-12(18)14-10-8-6-5-7-9(10)2/h9-10H,4-8H2,1-3H3,(H,16,17)(H2,14,15,18). The fourth-order valence-electron chi connectivity index (χ4n) is 2.28. The molecule has 3 N–H and O–H groups in total. The number of carboxylic acid groups (broad SMARTS) is 1. The van der Waals surface area contributed by atoms with E-state index in [9.17, 15) is 9.59 Å². The first-order chi connectivity index (χ1) is 8.39. The van der Waals surface area contributed by atoms with E-state index in [4.69, 9.17) is 5.11 Å². The Hall–Kier alpha value is -1.26. The molecule has 3 unspecified atom stereocenters. The van der Waals surface area contributed by atoms with Gasteiger partial charge in [-0.15, -0.1) is 0 Å². The third-order valence-electron chi connectivity index (χ3n) is 4.00. The molecule has 0 aliphatic heterocycles. The summed E-state index contributed by atoms with van der Waals surface area (Å²) in [6.07, 6.45) is 4.79. The van der Waals surface area contributed by atoms with Gasteiger partial charge in [-0.05, 0) is 32.1 Å². The average Bonchev–Trinajstić information content (AvgIpc) is 2.31. The fourth-order valence-corrected chi connectivity index (χ4v) is 2.28. The lowest BCUT2D eigenvalue weighted by Gasteiger charge is -2.31. The molecule has 1 fully saturated rings. The number of urea groups is 1. The number of aliphatic carboxylic acids is 1. The van der Waals surface area contributed by atoms with Crippen molar-refractivity contribution in [2.24, 2.45) is 5.92 Å². The molecule has 0 heterocycles. The summed E-state index contributed by atoms with van der Waals surface area (Å²) < 4.78 is 0. The zero-order valence-electron chi connectivity index (χ0n) is 11.5. The van der Waals surface area contributed by atoms with E-state index >= 15 is 0 Å².